The van der Waals surface area contributed by atoms with Crippen molar-refractivity contribution in [2.45, 2.75) is 31.4 Å². The van der Waals surface area contributed by atoms with Gasteiger partial charge in [0.25, 0.3) is 0 Å². The van der Waals surface area contributed by atoms with E-state index in [4.69, 9.17) is 0 Å². The number of nitrogens with zero attached hydrogens (tertiary/aromatic N) is 3. The van der Waals surface area contributed by atoms with Gasteiger partial charge >= 0.3 is 0 Å². The fraction of sp³-hybridized carbons (Fsp3) is 0.238. The molecule has 0 radical (unpaired) electrons. The highest BCUT2D eigenvalue weighted by Gasteiger charge is 2.29. The maximum Gasteiger partial charge on any atom is 0.0991 e. The van der Waals surface area contributed by atoms with Crippen LogP contribution in [0.25, 0.3) is 11.1 Å². The molecular formula is C21H19N3O. The maximum atomic E-state index is 10.9. The highest BCUT2D eigenvalue weighted by molar-refractivity contribution is 5.70. The number of aryl methyl sites for hydroxylation is 1. The molecule has 0 bridgehead atoms. The van der Waals surface area contributed by atoms with Gasteiger partial charge in [-0.05, 0) is 48.1 Å². The number of rotatable bonds is 2. The quantitative estimate of drug-likeness (QED) is 0.779. The van der Waals surface area contributed by atoms with Gasteiger partial charge in [-0.15, -0.1) is 0 Å². The normalized spacial score (nSPS) is 19.7. The number of benzene rings is 2. The summed E-state index contributed by atoms with van der Waals surface area (Å²) in [5.74, 6) is 0. The maximum absolute atomic E-state index is 10.9. The van der Waals surface area contributed by atoms with E-state index in [0.717, 1.165) is 41.6 Å². The van der Waals surface area contributed by atoms with E-state index in [1.54, 1.807) is 0 Å². The first-order chi connectivity index (χ1) is 12.3. The first-order valence-corrected chi connectivity index (χ1v) is 8.56. The second kappa shape index (κ2) is 6.54. The standard InChI is InChI=1S/C21H19N3O/c22-12-15-9-10-18(19(11-15)16-5-2-1-3-6-16)21-20(25)8-4-7-17-13-23-14-24(17)21/h1-3,5-6,9-11,13-14,20-21,25H,4,7-8H2. The highest BCUT2D eigenvalue weighted by Crippen LogP contribution is 2.36. The van der Waals surface area contributed by atoms with Gasteiger partial charge in [0.2, 0.25) is 0 Å². The van der Waals surface area contributed by atoms with Crippen LogP contribution in [0.5, 0.6) is 0 Å². The molecule has 0 saturated heterocycles. The Labute approximate surface area is 147 Å². The van der Waals surface area contributed by atoms with Gasteiger partial charge < -0.3 is 9.67 Å². The number of fused-ring (bicyclic) bond motifs is 1. The first kappa shape index (κ1) is 15.6. The number of nitriles is 1. The minimum absolute atomic E-state index is 0.192. The molecule has 4 nitrogen and oxygen atoms in total. The summed E-state index contributed by atoms with van der Waals surface area (Å²) in [7, 11) is 0. The zero-order chi connectivity index (χ0) is 17.2. The molecule has 25 heavy (non-hydrogen) atoms. The summed E-state index contributed by atoms with van der Waals surface area (Å²) < 4.78 is 2.09. The second-order valence-corrected chi connectivity index (χ2v) is 6.48. The average molecular weight is 329 g/mol. The second-order valence-electron chi connectivity index (χ2n) is 6.48. The number of aliphatic hydroxyl groups is 1. The zero-order valence-electron chi connectivity index (χ0n) is 13.8. The van der Waals surface area contributed by atoms with Gasteiger partial charge in [-0.25, -0.2) is 4.98 Å². The molecule has 2 heterocycles. The molecule has 3 aromatic rings. The Morgan fingerprint density at radius 3 is 2.80 bits per heavy atom. The molecule has 4 rings (SSSR count). The van der Waals surface area contributed by atoms with Crippen molar-refractivity contribution in [1.82, 2.24) is 9.55 Å². The summed E-state index contributed by atoms with van der Waals surface area (Å²) >= 11 is 0. The third-order valence-electron chi connectivity index (χ3n) is 4.93. The lowest BCUT2D eigenvalue weighted by Crippen LogP contribution is -2.24. The predicted octanol–water partition coefficient (Wildman–Crippen LogP) is 3.71. The molecule has 1 aromatic heterocycles. The number of aliphatic hydroxyl groups excluding tert-OH is 1. The van der Waals surface area contributed by atoms with Gasteiger partial charge in [-0.1, -0.05) is 36.4 Å². The lowest BCUT2D eigenvalue weighted by atomic mass is 9.89. The van der Waals surface area contributed by atoms with Crippen molar-refractivity contribution in [3.8, 4) is 17.2 Å². The molecule has 0 aliphatic carbocycles. The van der Waals surface area contributed by atoms with E-state index >= 15 is 0 Å². The van der Waals surface area contributed by atoms with Gasteiger partial charge in [0.1, 0.15) is 0 Å². The number of aromatic nitrogens is 2. The summed E-state index contributed by atoms with van der Waals surface area (Å²) in [5.41, 5.74) is 4.83. The Morgan fingerprint density at radius 2 is 2.00 bits per heavy atom. The van der Waals surface area contributed by atoms with Crippen LogP contribution in [0.2, 0.25) is 0 Å². The van der Waals surface area contributed by atoms with Crippen LogP contribution in [0, 0.1) is 11.3 Å². The minimum atomic E-state index is -0.481. The van der Waals surface area contributed by atoms with E-state index in [-0.39, 0.29) is 6.04 Å². The molecule has 1 N–H and O–H groups in total. The van der Waals surface area contributed by atoms with E-state index < -0.39 is 6.10 Å². The van der Waals surface area contributed by atoms with Crippen LogP contribution in [0.15, 0.2) is 61.1 Å². The van der Waals surface area contributed by atoms with E-state index in [1.165, 1.54) is 0 Å². The van der Waals surface area contributed by atoms with Crippen molar-refractivity contribution in [1.29, 1.82) is 5.26 Å². The van der Waals surface area contributed by atoms with Crippen molar-refractivity contribution in [3.05, 3.63) is 77.9 Å². The van der Waals surface area contributed by atoms with E-state index in [0.29, 0.717) is 5.56 Å². The SMILES string of the molecule is N#Cc1ccc(C2C(O)CCCc3cncn32)c(-c2ccccc2)c1. The van der Waals surface area contributed by atoms with Crippen LogP contribution in [-0.2, 0) is 6.42 Å². The smallest absolute Gasteiger partial charge is 0.0991 e. The van der Waals surface area contributed by atoms with Gasteiger partial charge in [-0.3, -0.25) is 0 Å². The fourth-order valence-corrected chi connectivity index (χ4v) is 3.72. The average Bonchev–Trinajstić information content (AvgIpc) is 3.05. The Hall–Kier alpha value is -2.90. The lowest BCUT2D eigenvalue weighted by molar-refractivity contribution is 0.124. The summed E-state index contributed by atoms with van der Waals surface area (Å²) in [6.07, 6.45) is 5.83. The first-order valence-electron chi connectivity index (χ1n) is 8.56. The monoisotopic (exact) mass is 329 g/mol. The Kier molecular flexibility index (Phi) is 4.09. The molecule has 0 fully saturated rings. The number of hydrogen-bond acceptors (Lipinski definition) is 3. The molecule has 2 atom stereocenters. The molecule has 4 heteroatoms. The topological polar surface area (TPSA) is 61.8 Å². The third kappa shape index (κ3) is 2.84. The number of imidazole rings is 1. The Balaban J connectivity index is 1.92. The van der Waals surface area contributed by atoms with E-state index in [2.05, 4.69) is 15.6 Å². The predicted molar refractivity (Wildman–Crippen MR) is 95.9 cm³/mol. The minimum Gasteiger partial charge on any atom is -0.391 e. The zero-order valence-corrected chi connectivity index (χ0v) is 13.8. The van der Waals surface area contributed by atoms with Gasteiger partial charge in [0, 0.05) is 11.9 Å². The summed E-state index contributed by atoms with van der Waals surface area (Å²) in [4.78, 5) is 4.29. The molecule has 1 aliphatic heterocycles. The van der Waals surface area contributed by atoms with Crippen LogP contribution in [-0.4, -0.2) is 20.8 Å². The van der Waals surface area contributed by atoms with E-state index in [1.807, 2.05) is 61.1 Å². The third-order valence-corrected chi connectivity index (χ3v) is 4.93. The summed E-state index contributed by atoms with van der Waals surface area (Å²) in [6.45, 7) is 0. The van der Waals surface area contributed by atoms with Crippen LogP contribution >= 0.6 is 0 Å². The van der Waals surface area contributed by atoms with Crippen LogP contribution < -0.4 is 0 Å². The van der Waals surface area contributed by atoms with E-state index in [9.17, 15) is 10.4 Å². The van der Waals surface area contributed by atoms with Crippen molar-refractivity contribution >= 4 is 0 Å². The summed E-state index contributed by atoms with van der Waals surface area (Å²) in [5, 5.41) is 20.2. The molecule has 0 spiro atoms. The van der Waals surface area contributed by atoms with Crippen molar-refractivity contribution < 1.29 is 5.11 Å². The lowest BCUT2D eigenvalue weighted by Gasteiger charge is -2.26. The van der Waals surface area contributed by atoms with Gasteiger partial charge in [-0.2, -0.15) is 5.26 Å². The van der Waals surface area contributed by atoms with Crippen LogP contribution in [0.4, 0.5) is 0 Å². The Morgan fingerprint density at radius 1 is 1.16 bits per heavy atom. The van der Waals surface area contributed by atoms with Crippen molar-refractivity contribution in [2.24, 2.45) is 0 Å². The molecule has 2 unspecified atom stereocenters. The molecule has 0 saturated carbocycles. The van der Waals surface area contributed by atoms with Crippen LogP contribution in [0.3, 0.4) is 0 Å². The van der Waals surface area contributed by atoms with Crippen LogP contribution in [0.1, 0.15) is 35.7 Å². The van der Waals surface area contributed by atoms with Gasteiger partial charge in [0.05, 0.1) is 30.1 Å². The molecule has 1 aliphatic rings. The van der Waals surface area contributed by atoms with Gasteiger partial charge in [0.15, 0.2) is 0 Å². The molecule has 2 aromatic carbocycles. The largest absolute Gasteiger partial charge is 0.391 e. The number of hydrogen-bond donors (Lipinski definition) is 1. The fourth-order valence-electron chi connectivity index (χ4n) is 3.72. The van der Waals surface area contributed by atoms with Crippen molar-refractivity contribution in [3.63, 3.8) is 0 Å². The summed E-state index contributed by atoms with van der Waals surface area (Å²) in [6, 6.07) is 17.8. The molecular weight excluding hydrogens is 310 g/mol. The van der Waals surface area contributed by atoms with Crippen molar-refractivity contribution in [2.75, 3.05) is 0 Å². The Bertz CT molecular complexity index is 924. The molecule has 0 amide bonds. The molecule has 124 valence electrons. The highest BCUT2D eigenvalue weighted by atomic mass is 16.3.